The van der Waals surface area contributed by atoms with Gasteiger partial charge >= 0.3 is 17.9 Å². The number of thiophene rings is 1. The summed E-state index contributed by atoms with van der Waals surface area (Å²) in [6.45, 7) is 3.84. The van der Waals surface area contributed by atoms with Crippen LogP contribution in [0.15, 0.2) is 47.8 Å². The van der Waals surface area contributed by atoms with Crippen LogP contribution in [0.1, 0.15) is 42.3 Å². The number of rotatable bonds is 7. The van der Waals surface area contributed by atoms with Gasteiger partial charge < -0.3 is 19.3 Å². The van der Waals surface area contributed by atoms with E-state index < -0.39 is 17.9 Å². The Hall–Kier alpha value is -3.65. The van der Waals surface area contributed by atoms with Crippen LogP contribution in [-0.2, 0) is 27.2 Å². The third-order valence-corrected chi connectivity index (χ3v) is 5.35. The number of phenolic OH excluding ortho intramolecular Hbond substituents is 1. The van der Waals surface area contributed by atoms with E-state index in [-0.39, 0.29) is 23.0 Å². The SMILES string of the molecule is CC(=O)Oc1cc(Cc2ccsc2Cc2ccc(OC(C)=O)c(OC(C)=O)c2)ccc1O. The Morgan fingerprint density at radius 3 is 2.00 bits per heavy atom. The Labute approximate surface area is 189 Å². The van der Waals surface area contributed by atoms with Crippen LogP contribution < -0.4 is 14.2 Å². The minimum atomic E-state index is -0.511. The molecule has 166 valence electrons. The molecule has 7 nitrogen and oxygen atoms in total. The molecule has 0 saturated carbocycles. The lowest BCUT2D eigenvalue weighted by Gasteiger charge is -2.11. The number of aromatic hydroxyl groups is 1. The predicted octanol–water partition coefficient (Wildman–Crippen LogP) is 4.41. The van der Waals surface area contributed by atoms with Crippen molar-refractivity contribution >= 4 is 29.2 Å². The number of hydrogen-bond acceptors (Lipinski definition) is 8. The highest BCUT2D eigenvalue weighted by Crippen LogP contribution is 2.32. The van der Waals surface area contributed by atoms with Crippen LogP contribution in [0.3, 0.4) is 0 Å². The Bertz CT molecular complexity index is 1160. The molecule has 2 aromatic carbocycles. The second kappa shape index (κ2) is 10.1. The summed E-state index contributed by atoms with van der Waals surface area (Å²) in [5.74, 6) is -1.12. The zero-order valence-corrected chi connectivity index (χ0v) is 18.7. The average molecular weight is 455 g/mol. The molecule has 32 heavy (non-hydrogen) atoms. The summed E-state index contributed by atoms with van der Waals surface area (Å²) in [5.41, 5.74) is 2.84. The van der Waals surface area contributed by atoms with Crippen molar-refractivity contribution in [2.45, 2.75) is 33.6 Å². The molecule has 0 radical (unpaired) electrons. The number of esters is 3. The predicted molar refractivity (Wildman–Crippen MR) is 118 cm³/mol. The number of ether oxygens (including phenoxy) is 3. The summed E-state index contributed by atoms with van der Waals surface area (Å²) in [5, 5.41) is 11.9. The molecule has 0 unspecified atom stereocenters. The molecule has 1 heterocycles. The summed E-state index contributed by atoms with van der Waals surface area (Å²) >= 11 is 1.59. The fourth-order valence-electron chi connectivity index (χ4n) is 3.13. The van der Waals surface area contributed by atoms with E-state index in [1.54, 1.807) is 35.6 Å². The molecule has 1 aromatic heterocycles. The van der Waals surface area contributed by atoms with Gasteiger partial charge in [-0.15, -0.1) is 11.3 Å². The highest BCUT2D eigenvalue weighted by molar-refractivity contribution is 7.10. The molecule has 8 heteroatoms. The largest absolute Gasteiger partial charge is 0.504 e. The second-order valence-corrected chi connectivity index (χ2v) is 8.09. The number of carbonyl (C=O) groups excluding carboxylic acids is 3. The van der Waals surface area contributed by atoms with Crippen molar-refractivity contribution in [1.82, 2.24) is 0 Å². The fourth-order valence-corrected chi connectivity index (χ4v) is 4.06. The van der Waals surface area contributed by atoms with Crippen LogP contribution >= 0.6 is 11.3 Å². The van der Waals surface area contributed by atoms with Gasteiger partial charge in [-0.2, -0.15) is 0 Å². The molecule has 0 aliphatic rings. The lowest BCUT2D eigenvalue weighted by atomic mass is 10.0. The first-order valence-electron chi connectivity index (χ1n) is 9.76. The van der Waals surface area contributed by atoms with Gasteiger partial charge in [0.05, 0.1) is 0 Å². The normalized spacial score (nSPS) is 10.5. The minimum absolute atomic E-state index is 0.0969. The van der Waals surface area contributed by atoms with Crippen LogP contribution in [0, 0.1) is 0 Å². The molecular weight excluding hydrogens is 432 g/mol. The summed E-state index contributed by atoms with van der Waals surface area (Å²) in [7, 11) is 0. The molecular formula is C24H22O7S. The first-order valence-corrected chi connectivity index (χ1v) is 10.6. The zero-order valence-electron chi connectivity index (χ0n) is 17.8. The topological polar surface area (TPSA) is 99.1 Å². The third kappa shape index (κ3) is 6.18. The maximum atomic E-state index is 11.4. The monoisotopic (exact) mass is 454 g/mol. The lowest BCUT2D eigenvalue weighted by molar-refractivity contribution is -0.134. The molecule has 0 saturated heterocycles. The van der Waals surface area contributed by atoms with Gasteiger partial charge in [-0.3, -0.25) is 14.4 Å². The highest BCUT2D eigenvalue weighted by atomic mass is 32.1. The summed E-state index contributed by atoms with van der Waals surface area (Å²) in [6.07, 6.45) is 1.16. The van der Waals surface area contributed by atoms with Crippen molar-refractivity contribution in [3.8, 4) is 23.0 Å². The van der Waals surface area contributed by atoms with E-state index in [1.807, 2.05) is 17.5 Å². The van der Waals surface area contributed by atoms with Gasteiger partial charge in [0.1, 0.15) is 0 Å². The smallest absolute Gasteiger partial charge is 0.308 e. The third-order valence-electron chi connectivity index (χ3n) is 4.39. The second-order valence-electron chi connectivity index (χ2n) is 7.09. The van der Waals surface area contributed by atoms with E-state index in [1.165, 1.54) is 26.8 Å². The molecule has 3 aromatic rings. The highest BCUT2D eigenvalue weighted by Gasteiger charge is 2.14. The van der Waals surface area contributed by atoms with Crippen LogP contribution in [-0.4, -0.2) is 23.0 Å². The van der Waals surface area contributed by atoms with Gasteiger partial charge in [0.2, 0.25) is 0 Å². The maximum Gasteiger partial charge on any atom is 0.308 e. The fraction of sp³-hybridized carbons (Fsp3) is 0.208. The standard InChI is InChI=1S/C24H22O7S/c1-14(25)29-21-7-5-18(12-23(21)31-16(3)27)13-24-19(8-9-32-24)10-17-4-6-20(28)22(11-17)30-15(2)26/h4-9,11-12,28H,10,13H2,1-3H3. The Kier molecular flexibility index (Phi) is 7.27. The Morgan fingerprint density at radius 1 is 0.750 bits per heavy atom. The summed E-state index contributed by atoms with van der Waals surface area (Å²) in [4.78, 5) is 35.1. The molecule has 3 rings (SSSR count). The number of benzene rings is 2. The van der Waals surface area contributed by atoms with Crippen LogP contribution in [0.4, 0.5) is 0 Å². The van der Waals surface area contributed by atoms with Crippen LogP contribution in [0.5, 0.6) is 23.0 Å². The van der Waals surface area contributed by atoms with E-state index in [0.717, 1.165) is 21.6 Å². The summed E-state index contributed by atoms with van der Waals surface area (Å²) in [6, 6.07) is 12.0. The van der Waals surface area contributed by atoms with Crippen molar-refractivity contribution in [3.05, 3.63) is 69.4 Å². The van der Waals surface area contributed by atoms with Gasteiger partial charge in [0.15, 0.2) is 23.0 Å². The van der Waals surface area contributed by atoms with Crippen LogP contribution in [0.25, 0.3) is 0 Å². The van der Waals surface area contributed by atoms with Crippen LogP contribution in [0.2, 0.25) is 0 Å². The van der Waals surface area contributed by atoms with E-state index in [2.05, 4.69) is 0 Å². The molecule has 0 aliphatic carbocycles. The van der Waals surface area contributed by atoms with Gasteiger partial charge in [-0.1, -0.05) is 12.1 Å². The van der Waals surface area contributed by atoms with E-state index in [9.17, 15) is 19.5 Å². The Balaban J connectivity index is 1.82. The molecule has 0 spiro atoms. The maximum absolute atomic E-state index is 11.4. The molecule has 0 aliphatic heterocycles. The Morgan fingerprint density at radius 2 is 1.31 bits per heavy atom. The van der Waals surface area contributed by atoms with Gasteiger partial charge in [0.25, 0.3) is 0 Å². The number of hydrogen-bond donors (Lipinski definition) is 1. The van der Waals surface area contributed by atoms with Gasteiger partial charge in [-0.05, 0) is 58.8 Å². The van der Waals surface area contributed by atoms with Gasteiger partial charge in [-0.25, -0.2) is 0 Å². The first-order chi connectivity index (χ1) is 15.2. The first kappa shape index (κ1) is 23.0. The van der Waals surface area contributed by atoms with E-state index in [0.29, 0.717) is 12.8 Å². The van der Waals surface area contributed by atoms with Crippen molar-refractivity contribution in [2.75, 3.05) is 0 Å². The lowest BCUT2D eigenvalue weighted by Crippen LogP contribution is -2.07. The van der Waals surface area contributed by atoms with E-state index >= 15 is 0 Å². The van der Waals surface area contributed by atoms with Crippen molar-refractivity contribution in [3.63, 3.8) is 0 Å². The molecule has 0 amide bonds. The number of phenols is 1. The molecule has 0 fully saturated rings. The van der Waals surface area contributed by atoms with Gasteiger partial charge in [0, 0.05) is 32.1 Å². The molecule has 0 atom stereocenters. The average Bonchev–Trinajstić information content (AvgIpc) is 3.12. The minimum Gasteiger partial charge on any atom is -0.504 e. The van der Waals surface area contributed by atoms with E-state index in [4.69, 9.17) is 14.2 Å². The molecule has 0 bridgehead atoms. The van der Waals surface area contributed by atoms with Crippen molar-refractivity contribution in [1.29, 1.82) is 0 Å². The van der Waals surface area contributed by atoms with Crippen molar-refractivity contribution < 1.29 is 33.7 Å². The zero-order chi connectivity index (χ0) is 23.3. The quantitative estimate of drug-likeness (QED) is 0.417. The number of carbonyl (C=O) groups is 3. The molecule has 1 N–H and O–H groups in total. The van der Waals surface area contributed by atoms with Crippen molar-refractivity contribution in [2.24, 2.45) is 0 Å². The summed E-state index contributed by atoms with van der Waals surface area (Å²) < 4.78 is 15.4.